The molecule has 0 bridgehead atoms. The molecule has 1 atom stereocenters. The molecule has 0 aliphatic carbocycles. The lowest BCUT2D eigenvalue weighted by Gasteiger charge is -2.16. The minimum Gasteiger partial charge on any atom is -0.481 e. The second-order valence-corrected chi connectivity index (χ2v) is 5.07. The number of carbonyl (C=O) groups excluding carboxylic acids is 1. The molecule has 0 radical (unpaired) electrons. The number of aromatic nitrogens is 1. The maximum Gasteiger partial charge on any atom is 0.308 e. The van der Waals surface area contributed by atoms with Gasteiger partial charge in [-0.25, -0.2) is 0 Å². The smallest absolute Gasteiger partial charge is 0.308 e. The van der Waals surface area contributed by atoms with Crippen LogP contribution in [-0.4, -0.2) is 39.5 Å². The Kier molecular flexibility index (Phi) is 3.54. The van der Waals surface area contributed by atoms with Crippen molar-refractivity contribution >= 4 is 35.1 Å². The summed E-state index contributed by atoms with van der Waals surface area (Å²) in [6.45, 7) is 0.671. The predicted octanol–water partition coefficient (Wildman–Crippen LogP) is 1.88. The molecule has 5 nitrogen and oxygen atoms in total. The zero-order valence-corrected chi connectivity index (χ0v) is 11.2. The van der Waals surface area contributed by atoms with Crippen molar-refractivity contribution in [3.05, 3.63) is 21.9 Å². The highest BCUT2D eigenvalue weighted by atomic mass is 35.5. The van der Waals surface area contributed by atoms with Gasteiger partial charge in [-0.1, -0.05) is 23.2 Å². The molecule has 1 aliphatic rings. The van der Waals surface area contributed by atoms with Gasteiger partial charge in [0.15, 0.2) is 0 Å². The number of hydrogen-bond donors (Lipinski definition) is 1. The Morgan fingerprint density at radius 1 is 1.44 bits per heavy atom. The average Bonchev–Trinajstić information content (AvgIpc) is 2.90. The lowest BCUT2D eigenvalue weighted by atomic mass is 10.1. The van der Waals surface area contributed by atoms with E-state index in [0.717, 1.165) is 0 Å². The van der Waals surface area contributed by atoms with Crippen LogP contribution in [0, 0.1) is 5.92 Å². The number of amides is 1. The quantitative estimate of drug-likeness (QED) is 0.905. The Labute approximate surface area is 114 Å². The highest BCUT2D eigenvalue weighted by Gasteiger charge is 2.32. The minimum absolute atomic E-state index is 0.231. The lowest BCUT2D eigenvalue weighted by Crippen LogP contribution is -2.31. The number of carboxylic acid groups (broad SMARTS) is 1. The molecule has 0 saturated carbocycles. The van der Waals surface area contributed by atoms with Crippen molar-refractivity contribution in [2.75, 3.05) is 13.1 Å². The van der Waals surface area contributed by atoms with Crippen molar-refractivity contribution in [2.45, 2.75) is 6.42 Å². The summed E-state index contributed by atoms with van der Waals surface area (Å²) in [7, 11) is 1.65. The number of nitrogens with zero attached hydrogens (tertiary/aromatic N) is 2. The molecule has 1 N–H and O–H groups in total. The van der Waals surface area contributed by atoms with E-state index in [0.29, 0.717) is 28.8 Å². The van der Waals surface area contributed by atoms with Gasteiger partial charge in [0.1, 0.15) is 10.8 Å². The van der Waals surface area contributed by atoms with Gasteiger partial charge >= 0.3 is 5.97 Å². The van der Waals surface area contributed by atoms with Crippen LogP contribution in [0.15, 0.2) is 6.07 Å². The van der Waals surface area contributed by atoms with Crippen LogP contribution in [0.1, 0.15) is 16.9 Å². The van der Waals surface area contributed by atoms with Crippen molar-refractivity contribution in [2.24, 2.45) is 13.0 Å². The van der Waals surface area contributed by atoms with E-state index < -0.39 is 11.9 Å². The third kappa shape index (κ3) is 2.20. The summed E-state index contributed by atoms with van der Waals surface area (Å²) < 4.78 is 1.50. The summed E-state index contributed by atoms with van der Waals surface area (Å²) in [5.41, 5.74) is 0.371. The van der Waals surface area contributed by atoms with Crippen molar-refractivity contribution in [1.29, 1.82) is 0 Å². The highest BCUT2D eigenvalue weighted by Crippen LogP contribution is 2.27. The molecule has 0 aromatic carbocycles. The van der Waals surface area contributed by atoms with Gasteiger partial charge in [-0.2, -0.15) is 0 Å². The summed E-state index contributed by atoms with van der Waals surface area (Å²) in [6, 6.07) is 1.50. The number of rotatable bonds is 2. The van der Waals surface area contributed by atoms with Crippen molar-refractivity contribution in [3.63, 3.8) is 0 Å². The van der Waals surface area contributed by atoms with Gasteiger partial charge in [0.2, 0.25) is 0 Å². The molecule has 98 valence electrons. The van der Waals surface area contributed by atoms with Gasteiger partial charge in [0, 0.05) is 20.1 Å². The van der Waals surface area contributed by atoms with Crippen LogP contribution in [0.4, 0.5) is 0 Å². The van der Waals surface area contributed by atoms with Gasteiger partial charge in [-0.3, -0.25) is 9.59 Å². The zero-order chi connectivity index (χ0) is 13.4. The number of hydrogen-bond acceptors (Lipinski definition) is 2. The van der Waals surface area contributed by atoms with Crippen molar-refractivity contribution in [1.82, 2.24) is 9.47 Å². The van der Waals surface area contributed by atoms with Crippen LogP contribution in [0.3, 0.4) is 0 Å². The molecule has 1 aromatic rings. The van der Waals surface area contributed by atoms with E-state index in [4.69, 9.17) is 28.3 Å². The minimum atomic E-state index is -0.867. The van der Waals surface area contributed by atoms with Gasteiger partial charge in [0.25, 0.3) is 5.91 Å². The first kappa shape index (κ1) is 13.2. The van der Waals surface area contributed by atoms with Gasteiger partial charge in [0.05, 0.1) is 10.9 Å². The molecule has 1 amide bonds. The van der Waals surface area contributed by atoms with E-state index in [1.807, 2.05) is 0 Å². The van der Waals surface area contributed by atoms with E-state index in [2.05, 4.69) is 0 Å². The average molecular weight is 291 g/mol. The molecule has 1 aliphatic heterocycles. The summed E-state index contributed by atoms with van der Waals surface area (Å²) in [5, 5.41) is 9.52. The molecular formula is C11H12Cl2N2O3. The third-order valence-electron chi connectivity index (χ3n) is 3.16. The topological polar surface area (TPSA) is 62.5 Å². The summed E-state index contributed by atoms with van der Waals surface area (Å²) in [6.07, 6.45) is 0.479. The second-order valence-electron chi connectivity index (χ2n) is 4.30. The molecule has 18 heavy (non-hydrogen) atoms. The zero-order valence-electron chi connectivity index (χ0n) is 9.69. The van der Waals surface area contributed by atoms with Crippen LogP contribution in [0.5, 0.6) is 0 Å². The first-order valence-electron chi connectivity index (χ1n) is 5.44. The number of aliphatic carboxylic acids is 1. The Morgan fingerprint density at radius 2 is 2.11 bits per heavy atom. The molecule has 0 unspecified atom stereocenters. The van der Waals surface area contributed by atoms with Crippen LogP contribution < -0.4 is 0 Å². The van der Waals surface area contributed by atoms with Crippen LogP contribution in [0.25, 0.3) is 0 Å². The van der Waals surface area contributed by atoms with Crippen molar-refractivity contribution < 1.29 is 14.7 Å². The highest BCUT2D eigenvalue weighted by molar-refractivity contribution is 6.41. The molecule has 2 rings (SSSR count). The van der Waals surface area contributed by atoms with Crippen LogP contribution >= 0.6 is 23.2 Å². The van der Waals surface area contributed by atoms with Crippen LogP contribution in [0.2, 0.25) is 10.2 Å². The molecule has 1 saturated heterocycles. The maximum atomic E-state index is 12.2. The van der Waals surface area contributed by atoms with E-state index in [1.165, 1.54) is 15.5 Å². The standard InChI is InChI=1S/C11H12Cl2N2O3/c1-14-8(4-7(12)9(14)13)10(16)15-3-2-6(5-15)11(17)18/h4,6H,2-3,5H2,1H3,(H,17,18)/t6-/m1/s1. The predicted molar refractivity (Wildman–Crippen MR) is 67.1 cm³/mol. The number of carbonyl (C=O) groups is 2. The number of carboxylic acids is 1. The maximum absolute atomic E-state index is 12.2. The van der Waals surface area contributed by atoms with E-state index in [-0.39, 0.29) is 12.5 Å². The molecule has 2 heterocycles. The Bertz CT molecular complexity index is 513. The summed E-state index contributed by atoms with van der Waals surface area (Å²) in [5.74, 6) is -1.59. The molecule has 7 heteroatoms. The summed E-state index contributed by atoms with van der Waals surface area (Å²) >= 11 is 11.7. The van der Waals surface area contributed by atoms with Gasteiger partial charge < -0.3 is 14.6 Å². The van der Waals surface area contributed by atoms with Crippen molar-refractivity contribution in [3.8, 4) is 0 Å². The molecular weight excluding hydrogens is 279 g/mol. The fourth-order valence-electron chi connectivity index (χ4n) is 2.06. The first-order chi connectivity index (χ1) is 8.41. The van der Waals surface area contributed by atoms with E-state index >= 15 is 0 Å². The third-order valence-corrected chi connectivity index (χ3v) is 4.00. The Morgan fingerprint density at radius 3 is 2.56 bits per heavy atom. The largest absolute Gasteiger partial charge is 0.481 e. The van der Waals surface area contributed by atoms with E-state index in [9.17, 15) is 9.59 Å². The number of halogens is 2. The van der Waals surface area contributed by atoms with Gasteiger partial charge in [-0.15, -0.1) is 0 Å². The number of likely N-dealkylation sites (tertiary alicyclic amines) is 1. The Balaban J connectivity index is 2.18. The first-order valence-corrected chi connectivity index (χ1v) is 6.20. The monoisotopic (exact) mass is 290 g/mol. The lowest BCUT2D eigenvalue weighted by molar-refractivity contribution is -0.141. The SMILES string of the molecule is Cn1c(C(=O)N2CC[C@@H](C(=O)O)C2)cc(Cl)c1Cl. The van der Waals surface area contributed by atoms with E-state index in [1.54, 1.807) is 7.05 Å². The fourth-order valence-corrected chi connectivity index (χ4v) is 2.43. The fraction of sp³-hybridized carbons (Fsp3) is 0.455. The molecule has 0 spiro atoms. The normalized spacial score (nSPS) is 19.3. The van der Waals surface area contributed by atoms with Crippen LogP contribution in [-0.2, 0) is 11.8 Å². The van der Waals surface area contributed by atoms with Gasteiger partial charge in [-0.05, 0) is 12.5 Å². The molecule has 1 aromatic heterocycles. The molecule has 1 fully saturated rings. The summed E-state index contributed by atoms with van der Waals surface area (Å²) in [4.78, 5) is 24.6. The second kappa shape index (κ2) is 4.82. The Hall–Kier alpha value is -1.20.